The summed E-state index contributed by atoms with van der Waals surface area (Å²) in [6.45, 7) is 11.0. The Hall–Kier alpha value is -0.0800. The van der Waals surface area contributed by atoms with Crippen LogP contribution in [0.15, 0.2) is 0 Å². The lowest BCUT2D eigenvalue weighted by Gasteiger charge is -2.25. The van der Waals surface area contributed by atoms with E-state index >= 15 is 0 Å². The molecule has 2 heteroatoms. The van der Waals surface area contributed by atoms with Crippen LogP contribution in [0.2, 0.25) is 0 Å². The summed E-state index contributed by atoms with van der Waals surface area (Å²) in [5.74, 6) is 0.396. The first-order chi connectivity index (χ1) is 6.39. The highest BCUT2D eigenvalue weighted by atomic mass is 16.5. The van der Waals surface area contributed by atoms with E-state index in [9.17, 15) is 5.11 Å². The van der Waals surface area contributed by atoms with E-state index in [1.807, 2.05) is 13.8 Å². The van der Waals surface area contributed by atoms with Gasteiger partial charge in [-0.15, -0.1) is 0 Å². The van der Waals surface area contributed by atoms with Crippen molar-refractivity contribution in [2.45, 2.75) is 65.6 Å². The maximum Gasteiger partial charge on any atom is 0.0626 e. The predicted molar refractivity (Wildman–Crippen MR) is 60.4 cm³/mol. The smallest absolute Gasteiger partial charge is 0.0626 e. The Kier molecular flexibility index (Phi) is 6.38. The third-order valence-electron chi connectivity index (χ3n) is 2.80. The minimum atomic E-state index is -0.190. The molecule has 0 aliphatic rings. The molecule has 0 aromatic heterocycles. The summed E-state index contributed by atoms with van der Waals surface area (Å²) >= 11 is 0. The van der Waals surface area contributed by atoms with Crippen LogP contribution < -0.4 is 0 Å². The van der Waals surface area contributed by atoms with E-state index < -0.39 is 0 Å². The van der Waals surface area contributed by atoms with Gasteiger partial charge in [-0.25, -0.2) is 0 Å². The second-order valence-electron chi connectivity index (χ2n) is 4.80. The van der Waals surface area contributed by atoms with Crippen LogP contribution in [0.5, 0.6) is 0 Å². The average molecular weight is 202 g/mol. The summed E-state index contributed by atoms with van der Waals surface area (Å²) in [4.78, 5) is 0. The molecule has 0 aliphatic heterocycles. The molecule has 1 N–H and O–H groups in total. The van der Waals surface area contributed by atoms with Crippen molar-refractivity contribution in [2.24, 2.45) is 5.92 Å². The Morgan fingerprint density at radius 1 is 1.29 bits per heavy atom. The van der Waals surface area contributed by atoms with E-state index in [-0.39, 0.29) is 11.7 Å². The third-order valence-corrected chi connectivity index (χ3v) is 2.80. The fourth-order valence-electron chi connectivity index (χ4n) is 1.55. The van der Waals surface area contributed by atoms with Gasteiger partial charge in [0.15, 0.2) is 0 Å². The number of aliphatic hydroxyl groups is 1. The molecular formula is C12H26O2. The second-order valence-corrected chi connectivity index (χ2v) is 4.80. The van der Waals surface area contributed by atoms with E-state index in [1.54, 1.807) is 0 Å². The maximum absolute atomic E-state index is 9.32. The van der Waals surface area contributed by atoms with Crippen LogP contribution in [0.1, 0.15) is 53.9 Å². The molecule has 0 aliphatic carbocycles. The van der Waals surface area contributed by atoms with Crippen LogP contribution in [0.25, 0.3) is 0 Å². The number of rotatable bonds is 7. The zero-order chi connectivity index (χ0) is 11.2. The highest BCUT2D eigenvalue weighted by Crippen LogP contribution is 2.20. The molecule has 0 rings (SSSR count). The van der Waals surface area contributed by atoms with Gasteiger partial charge < -0.3 is 9.84 Å². The Bertz CT molecular complexity index is 141. The molecule has 0 saturated carbocycles. The van der Waals surface area contributed by atoms with Crippen molar-refractivity contribution < 1.29 is 9.84 Å². The monoisotopic (exact) mass is 202 g/mol. The molecule has 0 radical (unpaired) electrons. The molecule has 0 saturated heterocycles. The molecule has 14 heavy (non-hydrogen) atoms. The first-order valence-electron chi connectivity index (χ1n) is 5.71. The summed E-state index contributed by atoms with van der Waals surface area (Å²) in [6, 6.07) is 0. The molecule has 0 amide bonds. The van der Waals surface area contributed by atoms with Gasteiger partial charge in [-0.2, -0.15) is 0 Å². The largest absolute Gasteiger partial charge is 0.393 e. The number of hydrogen-bond donors (Lipinski definition) is 1. The van der Waals surface area contributed by atoms with Gasteiger partial charge in [-0.3, -0.25) is 0 Å². The van der Waals surface area contributed by atoms with E-state index in [0.717, 1.165) is 25.9 Å². The Balaban J connectivity index is 3.62. The van der Waals surface area contributed by atoms with Crippen molar-refractivity contribution >= 4 is 0 Å². The van der Waals surface area contributed by atoms with Crippen LogP contribution >= 0.6 is 0 Å². The van der Waals surface area contributed by atoms with Gasteiger partial charge in [-0.05, 0) is 46.5 Å². The maximum atomic E-state index is 9.32. The van der Waals surface area contributed by atoms with Crippen molar-refractivity contribution in [3.63, 3.8) is 0 Å². The lowest BCUT2D eigenvalue weighted by molar-refractivity contribution is -0.0193. The van der Waals surface area contributed by atoms with E-state index in [0.29, 0.717) is 5.92 Å². The molecule has 0 aromatic rings. The van der Waals surface area contributed by atoms with Crippen LogP contribution in [0, 0.1) is 5.92 Å². The molecule has 2 unspecified atom stereocenters. The molecule has 0 heterocycles. The van der Waals surface area contributed by atoms with Crippen LogP contribution in [0.4, 0.5) is 0 Å². The van der Waals surface area contributed by atoms with Gasteiger partial charge in [0.25, 0.3) is 0 Å². The van der Waals surface area contributed by atoms with Gasteiger partial charge in [0, 0.05) is 6.61 Å². The van der Waals surface area contributed by atoms with Crippen molar-refractivity contribution in [3.8, 4) is 0 Å². The molecule has 0 aromatic carbocycles. The summed E-state index contributed by atoms with van der Waals surface area (Å²) in [7, 11) is 0. The molecular weight excluding hydrogens is 176 g/mol. The second kappa shape index (κ2) is 6.41. The number of ether oxygens (including phenoxy) is 1. The van der Waals surface area contributed by atoms with E-state index in [2.05, 4.69) is 20.8 Å². The number of aliphatic hydroxyl groups excluding tert-OH is 1. The fourth-order valence-corrected chi connectivity index (χ4v) is 1.55. The Morgan fingerprint density at radius 3 is 2.29 bits per heavy atom. The summed E-state index contributed by atoms with van der Waals surface area (Å²) in [5.41, 5.74) is -0.00678. The van der Waals surface area contributed by atoms with Gasteiger partial charge in [0.05, 0.1) is 11.7 Å². The minimum absolute atomic E-state index is 0.00678. The van der Waals surface area contributed by atoms with Crippen LogP contribution in [-0.4, -0.2) is 23.4 Å². The van der Waals surface area contributed by atoms with Crippen LogP contribution in [-0.2, 0) is 4.74 Å². The quantitative estimate of drug-likeness (QED) is 0.687. The van der Waals surface area contributed by atoms with Crippen molar-refractivity contribution in [1.82, 2.24) is 0 Å². The standard InChI is InChI=1S/C12H26O2/c1-6-14-12(4,5)9-7-8-10(2)11(3)13/h10-11,13H,6-9H2,1-5H3. The summed E-state index contributed by atoms with van der Waals surface area (Å²) < 4.78 is 5.61. The molecule has 2 nitrogen and oxygen atoms in total. The zero-order valence-corrected chi connectivity index (χ0v) is 10.3. The summed E-state index contributed by atoms with van der Waals surface area (Å²) in [6.07, 6.45) is 3.08. The van der Waals surface area contributed by atoms with Crippen LogP contribution in [0.3, 0.4) is 0 Å². The van der Waals surface area contributed by atoms with E-state index in [1.165, 1.54) is 0 Å². The van der Waals surface area contributed by atoms with Crippen molar-refractivity contribution in [1.29, 1.82) is 0 Å². The highest BCUT2D eigenvalue weighted by molar-refractivity contribution is 4.69. The molecule has 86 valence electrons. The molecule has 0 bridgehead atoms. The summed E-state index contributed by atoms with van der Waals surface area (Å²) in [5, 5.41) is 9.32. The first kappa shape index (κ1) is 13.9. The lowest BCUT2D eigenvalue weighted by atomic mass is 9.94. The average Bonchev–Trinajstić information content (AvgIpc) is 2.03. The minimum Gasteiger partial charge on any atom is -0.393 e. The SMILES string of the molecule is CCOC(C)(C)CCCC(C)C(C)O. The highest BCUT2D eigenvalue weighted by Gasteiger charge is 2.18. The number of hydrogen-bond acceptors (Lipinski definition) is 2. The lowest BCUT2D eigenvalue weighted by Crippen LogP contribution is -2.24. The van der Waals surface area contributed by atoms with Gasteiger partial charge in [-0.1, -0.05) is 13.3 Å². The van der Waals surface area contributed by atoms with Crippen molar-refractivity contribution in [2.75, 3.05) is 6.61 Å². The molecule has 0 spiro atoms. The Labute approximate surface area is 88.7 Å². The molecule has 2 atom stereocenters. The van der Waals surface area contributed by atoms with Gasteiger partial charge in [0.1, 0.15) is 0 Å². The fraction of sp³-hybridized carbons (Fsp3) is 1.00. The van der Waals surface area contributed by atoms with Gasteiger partial charge >= 0.3 is 0 Å². The predicted octanol–water partition coefficient (Wildman–Crippen LogP) is 2.99. The molecule has 0 fully saturated rings. The van der Waals surface area contributed by atoms with E-state index in [4.69, 9.17) is 4.74 Å². The van der Waals surface area contributed by atoms with Gasteiger partial charge in [0.2, 0.25) is 0 Å². The third kappa shape index (κ3) is 6.39. The zero-order valence-electron chi connectivity index (χ0n) is 10.3. The topological polar surface area (TPSA) is 29.5 Å². The first-order valence-corrected chi connectivity index (χ1v) is 5.71. The Morgan fingerprint density at radius 2 is 1.86 bits per heavy atom. The van der Waals surface area contributed by atoms with Crippen molar-refractivity contribution in [3.05, 3.63) is 0 Å². The normalized spacial score (nSPS) is 16.7.